The van der Waals surface area contributed by atoms with Crippen LogP contribution >= 0.6 is 11.3 Å². The standard InChI is InChI=1S/C16H21N5OS/c22-16(18-7-12-1-2-12)13-8-20(11-15-17-5-6-23-15)10-14-3-4-19-21(14)9-13/h3-6,12-13H,1-2,7-11H2,(H,18,22). The average molecular weight is 331 g/mol. The Hall–Kier alpha value is -1.73. The van der Waals surface area contributed by atoms with Crippen LogP contribution in [-0.4, -0.2) is 38.7 Å². The monoisotopic (exact) mass is 331 g/mol. The van der Waals surface area contributed by atoms with Crippen LogP contribution in [0.1, 0.15) is 23.5 Å². The number of carbonyl (C=O) groups excluding carboxylic acids is 1. The maximum absolute atomic E-state index is 12.6. The van der Waals surface area contributed by atoms with Gasteiger partial charge in [-0.1, -0.05) is 0 Å². The molecule has 1 aliphatic carbocycles. The van der Waals surface area contributed by atoms with Crippen LogP contribution in [0.4, 0.5) is 0 Å². The zero-order valence-electron chi connectivity index (χ0n) is 13.0. The molecule has 1 amide bonds. The second-order valence-electron chi connectivity index (χ2n) is 6.49. The van der Waals surface area contributed by atoms with Crippen molar-refractivity contribution in [3.05, 3.63) is 34.5 Å². The lowest BCUT2D eigenvalue weighted by Crippen LogP contribution is -2.39. The Bertz CT molecular complexity index is 664. The van der Waals surface area contributed by atoms with Gasteiger partial charge in [-0.2, -0.15) is 5.10 Å². The van der Waals surface area contributed by atoms with Crippen molar-refractivity contribution < 1.29 is 4.79 Å². The highest BCUT2D eigenvalue weighted by Crippen LogP contribution is 2.27. The molecule has 1 saturated carbocycles. The van der Waals surface area contributed by atoms with E-state index >= 15 is 0 Å². The molecule has 0 saturated heterocycles. The second-order valence-corrected chi connectivity index (χ2v) is 7.46. The molecule has 2 aliphatic rings. The first-order valence-corrected chi connectivity index (χ1v) is 9.05. The Kier molecular flexibility index (Phi) is 4.13. The number of nitrogens with one attached hydrogen (secondary N) is 1. The normalized spacial score (nSPS) is 21.7. The Morgan fingerprint density at radius 1 is 1.35 bits per heavy atom. The summed E-state index contributed by atoms with van der Waals surface area (Å²) < 4.78 is 1.98. The van der Waals surface area contributed by atoms with Gasteiger partial charge in [0, 0.05) is 37.4 Å². The van der Waals surface area contributed by atoms with Crippen molar-refractivity contribution >= 4 is 17.2 Å². The first-order valence-electron chi connectivity index (χ1n) is 8.17. The van der Waals surface area contributed by atoms with E-state index in [1.165, 1.54) is 18.5 Å². The van der Waals surface area contributed by atoms with Crippen molar-refractivity contribution in [1.82, 2.24) is 25.0 Å². The molecule has 0 bridgehead atoms. The highest BCUT2D eigenvalue weighted by molar-refractivity contribution is 7.09. The fourth-order valence-electron chi connectivity index (χ4n) is 3.05. The van der Waals surface area contributed by atoms with E-state index in [1.54, 1.807) is 11.3 Å². The molecule has 7 heteroatoms. The number of hydrogen-bond donors (Lipinski definition) is 1. The van der Waals surface area contributed by atoms with Gasteiger partial charge in [0.05, 0.1) is 24.7 Å². The van der Waals surface area contributed by atoms with E-state index < -0.39 is 0 Å². The lowest BCUT2D eigenvalue weighted by atomic mass is 10.1. The molecule has 23 heavy (non-hydrogen) atoms. The van der Waals surface area contributed by atoms with E-state index in [0.29, 0.717) is 12.5 Å². The third-order valence-electron chi connectivity index (χ3n) is 4.54. The van der Waals surface area contributed by atoms with Crippen LogP contribution in [0.3, 0.4) is 0 Å². The lowest BCUT2D eigenvalue weighted by Gasteiger charge is -2.22. The minimum atomic E-state index is -0.0603. The van der Waals surface area contributed by atoms with Crippen molar-refractivity contribution in [1.29, 1.82) is 0 Å². The Labute approximate surface area is 139 Å². The predicted molar refractivity (Wildman–Crippen MR) is 87.7 cm³/mol. The molecule has 1 aliphatic heterocycles. The molecule has 1 atom stereocenters. The summed E-state index contributed by atoms with van der Waals surface area (Å²) in [6, 6.07) is 2.04. The Morgan fingerprint density at radius 2 is 2.26 bits per heavy atom. The quantitative estimate of drug-likeness (QED) is 0.902. The van der Waals surface area contributed by atoms with Crippen molar-refractivity contribution in [3.63, 3.8) is 0 Å². The van der Waals surface area contributed by atoms with E-state index in [4.69, 9.17) is 0 Å². The van der Waals surface area contributed by atoms with Gasteiger partial charge in [0.2, 0.25) is 5.91 Å². The predicted octanol–water partition coefficient (Wildman–Crippen LogP) is 1.50. The molecule has 6 nitrogen and oxygen atoms in total. The summed E-state index contributed by atoms with van der Waals surface area (Å²) in [5.74, 6) is 0.802. The summed E-state index contributed by atoms with van der Waals surface area (Å²) in [6.07, 6.45) is 6.16. The van der Waals surface area contributed by atoms with Crippen molar-refractivity contribution in [2.24, 2.45) is 11.8 Å². The summed E-state index contributed by atoms with van der Waals surface area (Å²) >= 11 is 1.66. The smallest absolute Gasteiger partial charge is 0.226 e. The number of rotatable bonds is 5. The first kappa shape index (κ1) is 14.8. The van der Waals surface area contributed by atoms with Crippen molar-refractivity contribution in [2.75, 3.05) is 13.1 Å². The average Bonchev–Trinajstić information content (AvgIpc) is 3.12. The van der Waals surface area contributed by atoms with E-state index in [2.05, 4.69) is 20.3 Å². The summed E-state index contributed by atoms with van der Waals surface area (Å²) in [7, 11) is 0. The summed E-state index contributed by atoms with van der Waals surface area (Å²) in [5.41, 5.74) is 1.17. The SMILES string of the molecule is O=C(NCC1CC1)C1CN(Cc2nccs2)Cc2ccnn2C1. The zero-order valence-corrected chi connectivity index (χ0v) is 13.8. The maximum Gasteiger partial charge on any atom is 0.226 e. The van der Waals surface area contributed by atoms with Crippen LogP contribution in [-0.2, 0) is 24.4 Å². The summed E-state index contributed by atoms with van der Waals surface area (Å²) in [5, 5.41) is 10.6. The highest BCUT2D eigenvalue weighted by atomic mass is 32.1. The van der Waals surface area contributed by atoms with E-state index in [1.807, 2.05) is 28.5 Å². The number of hydrogen-bond acceptors (Lipinski definition) is 5. The summed E-state index contributed by atoms with van der Waals surface area (Å²) in [4.78, 5) is 19.3. The minimum absolute atomic E-state index is 0.0603. The van der Waals surface area contributed by atoms with Gasteiger partial charge in [0.25, 0.3) is 0 Å². The third-order valence-corrected chi connectivity index (χ3v) is 5.30. The summed E-state index contributed by atoms with van der Waals surface area (Å²) in [6.45, 7) is 3.83. The van der Waals surface area contributed by atoms with Gasteiger partial charge >= 0.3 is 0 Å². The molecular formula is C16H21N5OS. The fraction of sp³-hybridized carbons (Fsp3) is 0.562. The van der Waals surface area contributed by atoms with Crippen LogP contribution in [0.2, 0.25) is 0 Å². The molecule has 2 aromatic rings. The molecular weight excluding hydrogens is 310 g/mol. The minimum Gasteiger partial charge on any atom is -0.355 e. The molecule has 1 unspecified atom stereocenters. The van der Waals surface area contributed by atoms with Crippen LogP contribution in [0.25, 0.3) is 0 Å². The maximum atomic E-state index is 12.6. The van der Waals surface area contributed by atoms with Gasteiger partial charge in [0.1, 0.15) is 5.01 Å². The van der Waals surface area contributed by atoms with Crippen molar-refractivity contribution in [2.45, 2.75) is 32.5 Å². The molecule has 0 radical (unpaired) electrons. The van der Waals surface area contributed by atoms with Gasteiger partial charge in [-0.3, -0.25) is 14.4 Å². The Morgan fingerprint density at radius 3 is 3.04 bits per heavy atom. The van der Waals surface area contributed by atoms with Crippen LogP contribution < -0.4 is 5.32 Å². The molecule has 0 aromatic carbocycles. The van der Waals surface area contributed by atoms with E-state index in [0.717, 1.165) is 31.2 Å². The highest BCUT2D eigenvalue weighted by Gasteiger charge is 2.29. The van der Waals surface area contributed by atoms with E-state index in [-0.39, 0.29) is 11.8 Å². The van der Waals surface area contributed by atoms with Crippen molar-refractivity contribution in [3.8, 4) is 0 Å². The second kappa shape index (κ2) is 6.41. The number of carbonyl (C=O) groups is 1. The van der Waals surface area contributed by atoms with Crippen LogP contribution in [0.5, 0.6) is 0 Å². The third kappa shape index (κ3) is 3.61. The topological polar surface area (TPSA) is 63.1 Å². The van der Waals surface area contributed by atoms with Gasteiger partial charge in [-0.15, -0.1) is 11.3 Å². The molecule has 1 fully saturated rings. The number of fused-ring (bicyclic) bond motifs is 1. The number of aromatic nitrogens is 3. The van der Waals surface area contributed by atoms with Gasteiger partial charge in [-0.05, 0) is 24.8 Å². The lowest BCUT2D eigenvalue weighted by molar-refractivity contribution is -0.126. The van der Waals surface area contributed by atoms with Gasteiger partial charge in [0.15, 0.2) is 0 Å². The molecule has 122 valence electrons. The number of amides is 1. The van der Waals surface area contributed by atoms with Crippen LogP contribution in [0.15, 0.2) is 23.8 Å². The largest absolute Gasteiger partial charge is 0.355 e. The molecule has 2 aromatic heterocycles. The molecule has 3 heterocycles. The zero-order chi connectivity index (χ0) is 15.6. The number of nitrogens with zero attached hydrogens (tertiary/aromatic N) is 4. The molecule has 0 spiro atoms. The van der Waals surface area contributed by atoms with Crippen LogP contribution in [0, 0.1) is 11.8 Å². The molecule has 4 rings (SSSR count). The number of thiazole rings is 1. The van der Waals surface area contributed by atoms with E-state index in [9.17, 15) is 4.79 Å². The molecule has 1 N–H and O–H groups in total. The fourth-order valence-corrected chi connectivity index (χ4v) is 3.71. The first-order chi connectivity index (χ1) is 11.3. The van der Waals surface area contributed by atoms with Gasteiger partial charge in [-0.25, -0.2) is 4.98 Å². The van der Waals surface area contributed by atoms with Gasteiger partial charge < -0.3 is 5.32 Å². The Balaban J connectivity index is 1.47.